The number of hydrogen-bond donors (Lipinski definition) is 1. The van der Waals surface area contributed by atoms with E-state index < -0.39 is 5.97 Å². The number of nitrogens with zero attached hydrogens (tertiary/aromatic N) is 2. The normalized spacial score (nSPS) is 10.4. The fraction of sp³-hybridized carbons (Fsp3) is 0.333. The van der Waals surface area contributed by atoms with Crippen molar-refractivity contribution in [3.63, 3.8) is 0 Å². The first-order chi connectivity index (χ1) is 9.22. The summed E-state index contributed by atoms with van der Waals surface area (Å²) in [4.78, 5) is 22.5. The number of ether oxygens (including phenoxy) is 1. The molecule has 0 aliphatic heterocycles. The molecule has 0 radical (unpaired) electrons. The summed E-state index contributed by atoms with van der Waals surface area (Å²) >= 11 is 5.44. The van der Waals surface area contributed by atoms with E-state index in [4.69, 9.17) is 16.3 Å². The lowest BCUT2D eigenvalue weighted by molar-refractivity contribution is 0.0526. The van der Waals surface area contributed by atoms with Crippen molar-refractivity contribution in [2.45, 2.75) is 6.92 Å². The number of anilines is 1. The third kappa shape index (κ3) is 4.67. The zero-order valence-corrected chi connectivity index (χ0v) is 11.2. The molecule has 102 valence electrons. The molecule has 1 aromatic carbocycles. The van der Waals surface area contributed by atoms with Gasteiger partial charge in [-0.05, 0) is 25.1 Å². The molecule has 0 heterocycles. The zero-order valence-electron chi connectivity index (χ0n) is 10.4. The van der Waals surface area contributed by atoms with Crippen LogP contribution < -0.4 is 5.43 Å². The number of halogens is 1. The van der Waals surface area contributed by atoms with Gasteiger partial charge in [-0.25, -0.2) is 4.79 Å². The average molecular weight is 284 g/mol. The Morgan fingerprint density at radius 1 is 1.53 bits per heavy atom. The molecule has 1 rings (SSSR count). The van der Waals surface area contributed by atoms with Crippen molar-refractivity contribution in [2.24, 2.45) is 10.3 Å². The fourth-order valence-corrected chi connectivity index (χ4v) is 1.36. The summed E-state index contributed by atoms with van der Waals surface area (Å²) in [5.41, 5.74) is 3.69. The Hall–Kier alpha value is -1.95. The van der Waals surface area contributed by atoms with Gasteiger partial charge in [0.25, 0.3) is 0 Å². The van der Waals surface area contributed by atoms with E-state index in [2.05, 4.69) is 15.8 Å². The second-order valence-electron chi connectivity index (χ2n) is 3.41. The van der Waals surface area contributed by atoms with Gasteiger partial charge >= 0.3 is 5.97 Å². The molecular weight excluding hydrogens is 270 g/mol. The molecule has 1 aromatic rings. The molecule has 1 N–H and O–H groups in total. The van der Waals surface area contributed by atoms with Crippen molar-refractivity contribution in [1.29, 1.82) is 0 Å². The summed E-state index contributed by atoms with van der Waals surface area (Å²) in [6.45, 7) is 2.37. The molecule has 19 heavy (non-hydrogen) atoms. The summed E-state index contributed by atoms with van der Waals surface area (Å²) < 4.78 is 4.85. The quantitative estimate of drug-likeness (QED) is 0.274. The molecule has 0 aliphatic rings. The summed E-state index contributed by atoms with van der Waals surface area (Å²) in [7, 11) is 0. The lowest BCUT2D eigenvalue weighted by Gasteiger charge is -2.06. The zero-order chi connectivity index (χ0) is 14.1. The van der Waals surface area contributed by atoms with Crippen LogP contribution >= 0.6 is 11.6 Å². The van der Waals surface area contributed by atoms with Crippen molar-refractivity contribution in [2.75, 3.05) is 24.5 Å². The average Bonchev–Trinajstić information content (AvgIpc) is 2.44. The van der Waals surface area contributed by atoms with Crippen LogP contribution in [0.1, 0.15) is 27.6 Å². The van der Waals surface area contributed by atoms with Gasteiger partial charge in [-0.1, -0.05) is 5.22 Å². The van der Waals surface area contributed by atoms with Crippen molar-refractivity contribution >= 4 is 29.5 Å². The van der Waals surface area contributed by atoms with Crippen LogP contribution in [0.3, 0.4) is 0 Å². The van der Waals surface area contributed by atoms with E-state index in [1.54, 1.807) is 19.1 Å². The third-order valence-electron chi connectivity index (χ3n) is 2.12. The SMILES string of the molecule is CCOC(=O)c1ccc(NN=NCCCl)c(C=O)c1. The van der Waals surface area contributed by atoms with E-state index in [1.165, 1.54) is 6.07 Å². The Balaban J connectivity index is 2.84. The molecule has 0 unspecified atom stereocenters. The Labute approximate surface area is 115 Å². The molecule has 0 amide bonds. The van der Waals surface area contributed by atoms with E-state index in [9.17, 15) is 9.59 Å². The van der Waals surface area contributed by atoms with Gasteiger partial charge in [-0.2, -0.15) is 5.11 Å². The van der Waals surface area contributed by atoms with Crippen LogP contribution in [-0.4, -0.2) is 31.3 Å². The van der Waals surface area contributed by atoms with Gasteiger partial charge in [0.2, 0.25) is 0 Å². The highest BCUT2D eigenvalue weighted by Gasteiger charge is 2.09. The minimum absolute atomic E-state index is 0.280. The van der Waals surface area contributed by atoms with Gasteiger partial charge in [0, 0.05) is 11.4 Å². The highest BCUT2D eigenvalue weighted by Crippen LogP contribution is 2.16. The first kappa shape index (κ1) is 15.1. The number of hydrogen-bond acceptors (Lipinski definition) is 5. The van der Waals surface area contributed by atoms with Crippen LogP contribution in [0.25, 0.3) is 0 Å². The molecule has 0 fully saturated rings. The van der Waals surface area contributed by atoms with Crippen LogP contribution in [0.5, 0.6) is 0 Å². The predicted molar refractivity (Wildman–Crippen MR) is 71.9 cm³/mol. The summed E-state index contributed by atoms with van der Waals surface area (Å²) in [6.07, 6.45) is 0.627. The van der Waals surface area contributed by atoms with Gasteiger partial charge in [0.1, 0.15) is 0 Å². The molecule has 0 spiro atoms. The number of esters is 1. The first-order valence-electron chi connectivity index (χ1n) is 5.67. The van der Waals surface area contributed by atoms with Crippen LogP contribution in [0.15, 0.2) is 28.5 Å². The van der Waals surface area contributed by atoms with Crippen LogP contribution in [0, 0.1) is 0 Å². The standard InChI is InChI=1S/C12H14ClN3O3/c1-2-19-12(18)9-3-4-11(10(7-9)8-17)15-16-14-6-5-13/h3-4,7-8H,2,5-6H2,1H3,(H,14,15). The molecular formula is C12H14ClN3O3. The van der Waals surface area contributed by atoms with E-state index in [0.717, 1.165) is 0 Å². The predicted octanol–water partition coefficient (Wildman–Crippen LogP) is 2.69. The fourth-order valence-electron chi connectivity index (χ4n) is 1.28. The van der Waals surface area contributed by atoms with E-state index >= 15 is 0 Å². The van der Waals surface area contributed by atoms with E-state index in [-0.39, 0.29) is 6.61 Å². The molecule has 0 saturated carbocycles. The summed E-state index contributed by atoms with van der Waals surface area (Å²) in [6, 6.07) is 4.55. The van der Waals surface area contributed by atoms with Crippen molar-refractivity contribution < 1.29 is 14.3 Å². The summed E-state index contributed by atoms with van der Waals surface area (Å²) in [5, 5.41) is 7.39. The maximum absolute atomic E-state index is 11.5. The second-order valence-corrected chi connectivity index (χ2v) is 3.78. The highest BCUT2D eigenvalue weighted by atomic mass is 35.5. The Morgan fingerprint density at radius 3 is 2.95 bits per heavy atom. The van der Waals surface area contributed by atoms with Crippen molar-refractivity contribution in [1.82, 2.24) is 0 Å². The van der Waals surface area contributed by atoms with Crippen LogP contribution in [0.4, 0.5) is 5.69 Å². The third-order valence-corrected chi connectivity index (χ3v) is 2.28. The van der Waals surface area contributed by atoms with E-state index in [1.807, 2.05) is 0 Å². The van der Waals surface area contributed by atoms with Crippen LogP contribution in [-0.2, 0) is 4.74 Å². The van der Waals surface area contributed by atoms with Gasteiger partial charge < -0.3 is 4.74 Å². The smallest absolute Gasteiger partial charge is 0.338 e. The first-order valence-corrected chi connectivity index (χ1v) is 6.21. The minimum Gasteiger partial charge on any atom is -0.462 e. The number of aldehydes is 1. The van der Waals surface area contributed by atoms with E-state index in [0.29, 0.717) is 35.5 Å². The van der Waals surface area contributed by atoms with Crippen LogP contribution in [0.2, 0.25) is 0 Å². The Kier molecular flexibility index (Phi) is 6.52. The Morgan fingerprint density at radius 2 is 2.32 bits per heavy atom. The highest BCUT2D eigenvalue weighted by molar-refractivity contribution is 6.18. The monoisotopic (exact) mass is 283 g/mol. The van der Waals surface area contributed by atoms with Gasteiger partial charge in [0.05, 0.1) is 24.4 Å². The number of carbonyl (C=O) groups excluding carboxylic acids is 2. The number of carbonyl (C=O) groups is 2. The van der Waals surface area contributed by atoms with Gasteiger partial charge in [-0.3, -0.25) is 10.2 Å². The number of nitrogens with one attached hydrogen (secondary N) is 1. The number of alkyl halides is 1. The molecule has 0 atom stereocenters. The van der Waals surface area contributed by atoms with Gasteiger partial charge in [-0.15, -0.1) is 11.6 Å². The minimum atomic E-state index is -0.471. The molecule has 6 nitrogen and oxygen atoms in total. The summed E-state index contributed by atoms with van der Waals surface area (Å²) in [5.74, 6) is -0.103. The number of benzene rings is 1. The van der Waals surface area contributed by atoms with Crippen molar-refractivity contribution in [3.05, 3.63) is 29.3 Å². The molecule has 0 aliphatic carbocycles. The molecule has 0 saturated heterocycles. The topological polar surface area (TPSA) is 80.1 Å². The lowest BCUT2D eigenvalue weighted by atomic mass is 10.1. The molecule has 7 heteroatoms. The Bertz CT molecular complexity index is 477. The largest absolute Gasteiger partial charge is 0.462 e. The second kappa shape index (κ2) is 8.20. The van der Waals surface area contributed by atoms with Crippen molar-refractivity contribution in [3.8, 4) is 0 Å². The maximum atomic E-state index is 11.5. The lowest BCUT2D eigenvalue weighted by Crippen LogP contribution is -2.06. The molecule has 0 aromatic heterocycles. The number of rotatable bonds is 7. The molecule has 0 bridgehead atoms. The van der Waals surface area contributed by atoms with Gasteiger partial charge in [0.15, 0.2) is 6.29 Å². The maximum Gasteiger partial charge on any atom is 0.338 e.